The molecule has 0 radical (unpaired) electrons. The van der Waals surface area contributed by atoms with Crippen LogP contribution >= 0.6 is 0 Å². The smallest absolute Gasteiger partial charge is 0.410 e. The summed E-state index contributed by atoms with van der Waals surface area (Å²) >= 11 is 0. The van der Waals surface area contributed by atoms with E-state index in [1.165, 1.54) is 6.07 Å². The van der Waals surface area contributed by atoms with Gasteiger partial charge in [-0.3, -0.25) is 29.4 Å². The van der Waals surface area contributed by atoms with E-state index in [2.05, 4.69) is 10.6 Å². The second kappa shape index (κ2) is 9.05. The van der Waals surface area contributed by atoms with Crippen LogP contribution in [0.4, 0.5) is 10.5 Å². The Bertz CT molecular complexity index is 1050. The van der Waals surface area contributed by atoms with Crippen molar-refractivity contribution in [1.29, 1.82) is 0 Å². The maximum absolute atomic E-state index is 13.2. The lowest BCUT2D eigenvalue weighted by Gasteiger charge is -2.34. The van der Waals surface area contributed by atoms with E-state index >= 15 is 0 Å². The number of morpholine rings is 1. The third-order valence-electron chi connectivity index (χ3n) is 5.78. The number of piperidine rings is 1. The van der Waals surface area contributed by atoms with Gasteiger partial charge in [0.05, 0.1) is 30.4 Å². The molecule has 3 aliphatic rings. The van der Waals surface area contributed by atoms with Crippen molar-refractivity contribution in [3.63, 3.8) is 0 Å². The van der Waals surface area contributed by atoms with E-state index in [0.717, 1.165) is 4.90 Å². The molecule has 3 heterocycles. The Hall–Kier alpha value is -3.47. The predicted octanol–water partition coefficient (Wildman–Crippen LogP) is 1.14. The molecule has 4 rings (SSSR count). The Morgan fingerprint density at radius 2 is 1.97 bits per heavy atom. The van der Waals surface area contributed by atoms with Gasteiger partial charge in [-0.05, 0) is 39.3 Å². The van der Waals surface area contributed by atoms with Crippen LogP contribution in [0.2, 0.25) is 0 Å². The summed E-state index contributed by atoms with van der Waals surface area (Å²) in [5.74, 6) is -2.23. The summed E-state index contributed by atoms with van der Waals surface area (Å²) in [7, 11) is 0. The first kappa shape index (κ1) is 23.7. The molecule has 2 N–H and O–H groups in total. The fraction of sp³-hybridized carbons (Fsp3) is 0.522. The van der Waals surface area contributed by atoms with E-state index in [-0.39, 0.29) is 36.6 Å². The number of nitrogens with one attached hydrogen (secondary N) is 2. The zero-order valence-electron chi connectivity index (χ0n) is 19.4. The minimum absolute atomic E-state index is 0.0576. The zero-order chi connectivity index (χ0) is 24.6. The molecule has 0 saturated carbocycles. The monoisotopic (exact) mass is 472 g/mol. The normalized spacial score (nSPS) is 23.0. The maximum atomic E-state index is 13.2. The van der Waals surface area contributed by atoms with E-state index in [4.69, 9.17) is 9.47 Å². The van der Waals surface area contributed by atoms with Gasteiger partial charge in [-0.25, -0.2) is 4.79 Å². The van der Waals surface area contributed by atoms with Crippen molar-refractivity contribution in [2.75, 3.05) is 31.6 Å². The molecule has 0 aromatic heterocycles. The summed E-state index contributed by atoms with van der Waals surface area (Å²) in [4.78, 5) is 64.8. The van der Waals surface area contributed by atoms with E-state index in [1.807, 2.05) is 0 Å². The minimum atomic E-state index is -1.03. The van der Waals surface area contributed by atoms with Gasteiger partial charge in [0, 0.05) is 25.2 Å². The highest BCUT2D eigenvalue weighted by Gasteiger charge is 2.45. The van der Waals surface area contributed by atoms with Crippen molar-refractivity contribution in [1.82, 2.24) is 15.1 Å². The first-order chi connectivity index (χ1) is 16.0. The van der Waals surface area contributed by atoms with E-state index in [0.29, 0.717) is 25.4 Å². The molecule has 3 aliphatic heterocycles. The average molecular weight is 472 g/mol. The van der Waals surface area contributed by atoms with Crippen LogP contribution < -0.4 is 10.6 Å². The van der Waals surface area contributed by atoms with Gasteiger partial charge in [-0.2, -0.15) is 0 Å². The molecule has 0 bridgehead atoms. The van der Waals surface area contributed by atoms with Gasteiger partial charge >= 0.3 is 6.09 Å². The van der Waals surface area contributed by atoms with Crippen molar-refractivity contribution in [3.8, 4) is 0 Å². The van der Waals surface area contributed by atoms with Crippen LogP contribution in [0.1, 0.15) is 54.3 Å². The first-order valence-electron chi connectivity index (χ1n) is 11.2. The van der Waals surface area contributed by atoms with Gasteiger partial charge in [0.15, 0.2) is 0 Å². The van der Waals surface area contributed by atoms with Gasteiger partial charge in [0.2, 0.25) is 11.8 Å². The largest absolute Gasteiger partial charge is 0.444 e. The standard InChI is InChI=1S/C23H28N4O7/c1-23(2,3)34-22(32)26-9-10-33-13(12-26)11-24-15-6-4-5-14-18(15)21(31)27(20(14)30)16-7-8-17(28)25-19(16)29/h4-6,13,16,24H,7-12H2,1-3H3,(H,25,28,29)/t13-,16?/m0/s1. The minimum Gasteiger partial charge on any atom is -0.444 e. The van der Waals surface area contributed by atoms with Gasteiger partial charge in [0.1, 0.15) is 11.6 Å². The lowest BCUT2D eigenvalue weighted by molar-refractivity contribution is -0.136. The summed E-state index contributed by atoms with van der Waals surface area (Å²) in [6, 6.07) is 3.83. The molecule has 182 valence electrons. The first-order valence-corrected chi connectivity index (χ1v) is 11.2. The second-order valence-corrected chi connectivity index (χ2v) is 9.48. The van der Waals surface area contributed by atoms with Crippen LogP contribution in [-0.4, -0.2) is 83.5 Å². The number of carbonyl (C=O) groups is 5. The molecule has 11 nitrogen and oxygen atoms in total. The van der Waals surface area contributed by atoms with Crippen molar-refractivity contribution in [3.05, 3.63) is 29.3 Å². The molecule has 11 heteroatoms. The Morgan fingerprint density at radius 3 is 2.68 bits per heavy atom. The molecule has 1 aromatic rings. The van der Waals surface area contributed by atoms with Crippen molar-refractivity contribution in [2.45, 2.75) is 51.4 Å². The lowest BCUT2D eigenvalue weighted by atomic mass is 10.0. The molecular formula is C23H28N4O7. The highest BCUT2D eigenvalue weighted by molar-refractivity contribution is 6.25. The summed E-state index contributed by atoms with van der Waals surface area (Å²) in [5, 5.41) is 5.34. The van der Waals surface area contributed by atoms with E-state index in [1.54, 1.807) is 37.8 Å². The van der Waals surface area contributed by atoms with Crippen molar-refractivity contribution in [2.24, 2.45) is 0 Å². The van der Waals surface area contributed by atoms with Gasteiger partial charge in [0.25, 0.3) is 11.8 Å². The molecule has 2 fully saturated rings. The fourth-order valence-electron chi connectivity index (χ4n) is 4.22. The van der Waals surface area contributed by atoms with Crippen LogP contribution in [0.25, 0.3) is 0 Å². The van der Waals surface area contributed by atoms with Crippen LogP contribution in [0.3, 0.4) is 0 Å². The predicted molar refractivity (Wildman–Crippen MR) is 119 cm³/mol. The van der Waals surface area contributed by atoms with Crippen LogP contribution in [0.15, 0.2) is 18.2 Å². The van der Waals surface area contributed by atoms with Gasteiger partial charge in [-0.15, -0.1) is 0 Å². The Kier molecular flexibility index (Phi) is 6.30. The second-order valence-electron chi connectivity index (χ2n) is 9.48. The van der Waals surface area contributed by atoms with E-state index in [9.17, 15) is 24.0 Å². The number of anilines is 1. The number of hydrogen-bond donors (Lipinski definition) is 2. The number of amides is 5. The summed E-state index contributed by atoms with van der Waals surface area (Å²) in [6.07, 6.45) is -0.616. The molecule has 1 unspecified atom stereocenters. The molecule has 1 aromatic carbocycles. The molecule has 5 amide bonds. The topological polar surface area (TPSA) is 134 Å². The van der Waals surface area contributed by atoms with Crippen LogP contribution in [-0.2, 0) is 19.1 Å². The lowest BCUT2D eigenvalue weighted by Crippen LogP contribution is -2.54. The number of benzene rings is 1. The van der Waals surface area contributed by atoms with Crippen molar-refractivity contribution >= 4 is 35.4 Å². The Balaban J connectivity index is 1.45. The molecule has 0 spiro atoms. The summed E-state index contributed by atoms with van der Waals surface area (Å²) < 4.78 is 11.2. The van der Waals surface area contributed by atoms with Gasteiger partial charge < -0.3 is 19.7 Å². The quantitative estimate of drug-likeness (QED) is 0.623. The summed E-state index contributed by atoms with van der Waals surface area (Å²) in [6.45, 7) is 6.77. The SMILES string of the molecule is CC(C)(C)OC(=O)N1CCO[C@@H](CNc2cccc3c2C(=O)N(C2CCC(=O)NC2=O)C3=O)C1. The number of nitrogens with zero attached hydrogens (tertiary/aromatic N) is 2. The number of fused-ring (bicyclic) bond motifs is 1. The summed E-state index contributed by atoms with van der Waals surface area (Å²) in [5.41, 5.74) is 0.204. The average Bonchev–Trinajstić information content (AvgIpc) is 3.02. The Labute approximate surface area is 196 Å². The number of carbonyl (C=O) groups excluding carboxylic acids is 5. The highest BCUT2D eigenvalue weighted by Crippen LogP contribution is 2.32. The molecular weight excluding hydrogens is 444 g/mol. The number of hydrogen-bond acceptors (Lipinski definition) is 8. The number of rotatable bonds is 4. The molecule has 34 heavy (non-hydrogen) atoms. The van der Waals surface area contributed by atoms with E-state index < -0.39 is 41.4 Å². The molecule has 2 saturated heterocycles. The zero-order valence-corrected chi connectivity index (χ0v) is 19.4. The number of imide groups is 2. The maximum Gasteiger partial charge on any atom is 0.410 e. The molecule has 0 aliphatic carbocycles. The molecule has 2 atom stereocenters. The van der Waals surface area contributed by atoms with Crippen LogP contribution in [0, 0.1) is 0 Å². The highest BCUT2D eigenvalue weighted by atomic mass is 16.6. The third kappa shape index (κ3) is 4.74. The van der Waals surface area contributed by atoms with Crippen molar-refractivity contribution < 1.29 is 33.4 Å². The van der Waals surface area contributed by atoms with Gasteiger partial charge in [-0.1, -0.05) is 6.07 Å². The third-order valence-corrected chi connectivity index (χ3v) is 5.78. The Morgan fingerprint density at radius 1 is 1.21 bits per heavy atom. The van der Waals surface area contributed by atoms with Crippen LogP contribution in [0.5, 0.6) is 0 Å². The number of ether oxygens (including phenoxy) is 2. The fourth-order valence-corrected chi connectivity index (χ4v) is 4.22.